The molecule has 4 heterocycles. The number of hydrogen-bond acceptors (Lipinski definition) is 7. The number of halogens is 6. The number of carbonyl (C=O) groups excluding carboxylic acids is 3. The SMILES string of the molecule is Cc1nc(C(=O)N2CCN(CC3CCNCC3(F)F)CC2)cc(N2CCC(=O)NC2=O)c1Cl.O=C(O)C(F)(F)F. The number of aliphatic carboxylic acids is 1. The summed E-state index contributed by atoms with van der Waals surface area (Å²) in [6.45, 7) is 4.20. The second kappa shape index (κ2) is 12.6. The molecule has 40 heavy (non-hydrogen) atoms. The van der Waals surface area contributed by atoms with Gasteiger partial charge in [0.25, 0.3) is 11.8 Å². The number of anilines is 1. The molecule has 3 aliphatic rings. The van der Waals surface area contributed by atoms with Gasteiger partial charge in [-0.25, -0.2) is 23.4 Å². The molecule has 0 saturated carbocycles. The smallest absolute Gasteiger partial charge is 0.475 e. The van der Waals surface area contributed by atoms with Crippen molar-refractivity contribution in [3.05, 3.63) is 22.5 Å². The normalized spacial score (nSPS) is 21.8. The van der Waals surface area contributed by atoms with Gasteiger partial charge in [-0.3, -0.25) is 24.7 Å². The predicted octanol–water partition coefficient (Wildman–Crippen LogP) is 2.13. The molecule has 0 aliphatic carbocycles. The van der Waals surface area contributed by atoms with E-state index in [1.54, 1.807) is 11.8 Å². The van der Waals surface area contributed by atoms with Crippen LogP contribution in [0.25, 0.3) is 0 Å². The zero-order valence-electron chi connectivity index (χ0n) is 21.4. The third-order valence-electron chi connectivity index (χ3n) is 6.68. The number of piperidine rings is 1. The summed E-state index contributed by atoms with van der Waals surface area (Å²) in [7, 11) is 0. The minimum absolute atomic E-state index is 0.130. The van der Waals surface area contributed by atoms with Gasteiger partial charge < -0.3 is 15.3 Å². The van der Waals surface area contributed by atoms with Crippen LogP contribution in [0, 0.1) is 12.8 Å². The molecule has 17 heteroatoms. The number of amides is 4. The Hall–Kier alpha value is -3.11. The van der Waals surface area contributed by atoms with Crippen molar-refractivity contribution in [3.63, 3.8) is 0 Å². The number of nitrogens with one attached hydrogen (secondary N) is 2. The Bertz CT molecular complexity index is 1150. The van der Waals surface area contributed by atoms with Crippen LogP contribution in [0.1, 0.15) is 29.0 Å². The highest BCUT2D eigenvalue weighted by molar-refractivity contribution is 6.34. The van der Waals surface area contributed by atoms with E-state index in [0.717, 1.165) is 0 Å². The van der Waals surface area contributed by atoms with Gasteiger partial charge in [0, 0.05) is 51.6 Å². The van der Waals surface area contributed by atoms with E-state index in [1.807, 2.05) is 4.90 Å². The van der Waals surface area contributed by atoms with Crippen molar-refractivity contribution in [3.8, 4) is 0 Å². The van der Waals surface area contributed by atoms with E-state index >= 15 is 0 Å². The fourth-order valence-electron chi connectivity index (χ4n) is 4.46. The van der Waals surface area contributed by atoms with Crippen LogP contribution in [0.15, 0.2) is 6.07 Å². The number of carboxylic acids is 1. The second-order valence-corrected chi connectivity index (χ2v) is 9.88. The summed E-state index contributed by atoms with van der Waals surface area (Å²) in [6, 6.07) is 0.870. The molecule has 1 aromatic rings. The van der Waals surface area contributed by atoms with Gasteiger partial charge in [-0.15, -0.1) is 0 Å². The second-order valence-electron chi connectivity index (χ2n) is 9.50. The van der Waals surface area contributed by atoms with Crippen LogP contribution in [0.3, 0.4) is 0 Å². The maximum Gasteiger partial charge on any atom is 0.490 e. The largest absolute Gasteiger partial charge is 0.490 e. The lowest BCUT2D eigenvalue weighted by Crippen LogP contribution is -2.54. The number of urea groups is 1. The molecule has 11 nitrogen and oxygen atoms in total. The number of carbonyl (C=O) groups is 4. The molecule has 3 aliphatic heterocycles. The van der Waals surface area contributed by atoms with Gasteiger partial charge in [-0.05, 0) is 26.0 Å². The molecule has 3 fully saturated rings. The highest BCUT2D eigenvalue weighted by atomic mass is 35.5. The van der Waals surface area contributed by atoms with Gasteiger partial charge in [-0.1, -0.05) is 11.6 Å². The lowest BCUT2D eigenvalue weighted by Gasteiger charge is -2.39. The summed E-state index contributed by atoms with van der Waals surface area (Å²) in [5.41, 5.74) is 0.869. The first-order valence-corrected chi connectivity index (χ1v) is 12.7. The Morgan fingerprint density at radius 3 is 2.35 bits per heavy atom. The molecule has 3 saturated heterocycles. The lowest BCUT2D eigenvalue weighted by molar-refractivity contribution is -0.192. The fraction of sp³-hybridized carbons (Fsp3) is 0.609. The Kier molecular flexibility index (Phi) is 9.89. The zero-order valence-corrected chi connectivity index (χ0v) is 22.1. The number of imide groups is 1. The van der Waals surface area contributed by atoms with Crippen molar-refractivity contribution in [2.75, 3.05) is 57.3 Å². The van der Waals surface area contributed by atoms with E-state index in [4.69, 9.17) is 21.5 Å². The van der Waals surface area contributed by atoms with E-state index < -0.39 is 30.0 Å². The predicted molar refractivity (Wildman–Crippen MR) is 131 cm³/mol. The van der Waals surface area contributed by atoms with Gasteiger partial charge in [0.05, 0.1) is 22.9 Å². The Morgan fingerprint density at radius 1 is 1.18 bits per heavy atom. The maximum atomic E-state index is 14.1. The maximum absolute atomic E-state index is 14.1. The molecule has 1 aromatic heterocycles. The molecule has 4 amide bonds. The van der Waals surface area contributed by atoms with Crippen LogP contribution in [0.4, 0.5) is 32.4 Å². The summed E-state index contributed by atoms with van der Waals surface area (Å²) in [5, 5.41) is 12.3. The fourth-order valence-corrected chi connectivity index (χ4v) is 4.66. The first-order valence-electron chi connectivity index (χ1n) is 12.3. The van der Waals surface area contributed by atoms with Crippen molar-refractivity contribution in [2.45, 2.75) is 31.9 Å². The minimum Gasteiger partial charge on any atom is -0.475 e. The van der Waals surface area contributed by atoms with Crippen LogP contribution in [0.2, 0.25) is 5.02 Å². The van der Waals surface area contributed by atoms with E-state index in [0.29, 0.717) is 57.1 Å². The highest BCUT2D eigenvalue weighted by Crippen LogP contribution is 2.32. The average Bonchev–Trinajstić information content (AvgIpc) is 2.87. The van der Waals surface area contributed by atoms with Crippen LogP contribution >= 0.6 is 11.6 Å². The topological polar surface area (TPSA) is 135 Å². The molecule has 0 aromatic carbocycles. The van der Waals surface area contributed by atoms with Gasteiger partial charge >= 0.3 is 18.2 Å². The number of aromatic nitrogens is 1. The van der Waals surface area contributed by atoms with E-state index in [1.165, 1.54) is 11.0 Å². The highest BCUT2D eigenvalue weighted by Gasteiger charge is 2.42. The molecule has 222 valence electrons. The van der Waals surface area contributed by atoms with Crippen molar-refractivity contribution < 1.29 is 46.2 Å². The third kappa shape index (κ3) is 7.75. The summed E-state index contributed by atoms with van der Waals surface area (Å²) >= 11 is 6.36. The van der Waals surface area contributed by atoms with Crippen molar-refractivity contribution >= 4 is 41.1 Å². The monoisotopic (exact) mass is 598 g/mol. The average molecular weight is 599 g/mol. The van der Waals surface area contributed by atoms with Gasteiger partial charge in [-0.2, -0.15) is 13.2 Å². The van der Waals surface area contributed by atoms with Crippen LogP contribution in [-0.2, 0) is 9.59 Å². The van der Waals surface area contributed by atoms with Crippen molar-refractivity contribution in [1.29, 1.82) is 0 Å². The third-order valence-corrected chi connectivity index (χ3v) is 7.14. The van der Waals surface area contributed by atoms with Crippen LogP contribution in [-0.4, -0.2) is 108 Å². The molecule has 0 spiro atoms. The quantitative estimate of drug-likeness (QED) is 0.449. The number of nitrogens with zero attached hydrogens (tertiary/aromatic N) is 4. The van der Waals surface area contributed by atoms with Crippen molar-refractivity contribution in [2.24, 2.45) is 5.92 Å². The lowest BCUT2D eigenvalue weighted by atomic mass is 9.93. The number of piperazine rings is 1. The summed E-state index contributed by atoms with van der Waals surface area (Å²) in [6.07, 6.45) is -4.52. The molecule has 1 atom stereocenters. The Balaban J connectivity index is 0.000000559. The van der Waals surface area contributed by atoms with E-state index in [-0.39, 0.29) is 42.0 Å². The first-order chi connectivity index (χ1) is 18.6. The van der Waals surface area contributed by atoms with Crippen LogP contribution < -0.4 is 15.5 Å². The molecule has 0 radical (unpaired) electrons. The number of rotatable bonds is 4. The standard InChI is InChI=1S/C21H27ClF2N6O3.C2HF3O2/c1-13-18(22)16(30-5-3-17(31)27-20(30)33)10-15(26-13)19(32)29-8-6-28(7-9-29)11-14-2-4-25-12-21(14,23)24;3-2(4,5)1(6)7/h10,14,25H,2-9,11-12H2,1H3,(H,27,31,33);(H,6,7). The molecule has 1 unspecified atom stereocenters. The number of aryl methyl sites for hydroxylation is 1. The molecular formula is C23H28ClF5N6O5. The van der Waals surface area contributed by atoms with Crippen molar-refractivity contribution in [1.82, 2.24) is 25.4 Å². The van der Waals surface area contributed by atoms with Gasteiger partial charge in [0.1, 0.15) is 5.69 Å². The summed E-state index contributed by atoms with van der Waals surface area (Å²) in [4.78, 5) is 55.0. The van der Waals surface area contributed by atoms with E-state index in [2.05, 4.69) is 15.6 Å². The molecule has 0 bridgehead atoms. The molecule has 3 N–H and O–H groups in total. The number of pyridine rings is 1. The summed E-state index contributed by atoms with van der Waals surface area (Å²) < 4.78 is 60.0. The first kappa shape index (κ1) is 31.4. The number of hydrogen-bond donors (Lipinski definition) is 3. The van der Waals surface area contributed by atoms with E-state index in [9.17, 15) is 36.3 Å². The summed E-state index contributed by atoms with van der Waals surface area (Å²) in [5.74, 6) is -6.84. The molecular weight excluding hydrogens is 571 g/mol. The number of alkyl halides is 5. The van der Waals surface area contributed by atoms with Crippen LogP contribution in [0.5, 0.6) is 0 Å². The minimum atomic E-state index is -5.08. The Labute approximate surface area is 230 Å². The Morgan fingerprint density at radius 2 is 1.80 bits per heavy atom. The molecule has 4 rings (SSSR count). The number of carboxylic acid groups (broad SMARTS) is 1. The van der Waals surface area contributed by atoms with Gasteiger partial charge in [0.2, 0.25) is 5.91 Å². The zero-order chi connectivity index (χ0) is 29.8. The van der Waals surface area contributed by atoms with Gasteiger partial charge in [0.15, 0.2) is 0 Å².